The molecule has 3 aromatic rings. The zero-order valence-corrected chi connectivity index (χ0v) is 13.3. The summed E-state index contributed by atoms with van der Waals surface area (Å²) < 4.78 is 7.47. The summed E-state index contributed by atoms with van der Waals surface area (Å²) >= 11 is 5.24. The number of benzene rings is 2. The SMILES string of the molecule is COc1ccc(Br)c(NCc2nc3ccccc3s2)c1. The second-order valence-corrected chi connectivity index (χ2v) is 6.24. The summed E-state index contributed by atoms with van der Waals surface area (Å²) in [5.41, 5.74) is 2.06. The number of methoxy groups -OCH3 is 1. The molecule has 2 aromatic carbocycles. The van der Waals surface area contributed by atoms with E-state index in [9.17, 15) is 0 Å². The molecule has 3 nitrogen and oxygen atoms in total. The van der Waals surface area contributed by atoms with E-state index in [1.165, 1.54) is 4.70 Å². The number of anilines is 1. The Morgan fingerprint density at radius 3 is 2.90 bits per heavy atom. The van der Waals surface area contributed by atoms with Gasteiger partial charge in [0.05, 0.1) is 29.6 Å². The molecule has 0 spiro atoms. The normalized spacial score (nSPS) is 10.7. The zero-order valence-electron chi connectivity index (χ0n) is 10.9. The maximum Gasteiger partial charge on any atom is 0.121 e. The van der Waals surface area contributed by atoms with Crippen molar-refractivity contribution in [3.8, 4) is 5.75 Å². The molecule has 0 fully saturated rings. The van der Waals surface area contributed by atoms with E-state index in [-0.39, 0.29) is 0 Å². The minimum absolute atomic E-state index is 0.700. The molecule has 102 valence electrons. The van der Waals surface area contributed by atoms with Gasteiger partial charge in [0.1, 0.15) is 10.8 Å². The van der Waals surface area contributed by atoms with Crippen molar-refractivity contribution < 1.29 is 4.74 Å². The highest BCUT2D eigenvalue weighted by Gasteiger charge is 2.05. The van der Waals surface area contributed by atoms with Crippen LogP contribution in [0.3, 0.4) is 0 Å². The monoisotopic (exact) mass is 348 g/mol. The Hall–Kier alpha value is -1.59. The molecule has 0 unspecified atom stereocenters. The summed E-state index contributed by atoms with van der Waals surface area (Å²) in [5.74, 6) is 0.833. The molecule has 0 aliphatic heterocycles. The number of fused-ring (bicyclic) bond motifs is 1. The van der Waals surface area contributed by atoms with E-state index in [2.05, 4.69) is 32.3 Å². The number of para-hydroxylation sites is 1. The number of thiazole rings is 1. The van der Waals surface area contributed by atoms with E-state index in [4.69, 9.17) is 4.74 Å². The Morgan fingerprint density at radius 1 is 1.25 bits per heavy atom. The number of ether oxygens (including phenoxy) is 1. The molecule has 3 rings (SSSR count). The van der Waals surface area contributed by atoms with Gasteiger partial charge in [-0.3, -0.25) is 0 Å². The van der Waals surface area contributed by atoms with Crippen molar-refractivity contribution in [2.75, 3.05) is 12.4 Å². The molecule has 0 aliphatic carbocycles. The smallest absolute Gasteiger partial charge is 0.121 e. The summed E-state index contributed by atoms with van der Waals surface area (Å²) in [7, 11) is 1.67. The van der Waals surface area contributed by atoms with Crippen LogP contribution >= 0.6 is 27.3 Å². The first-order valence-electron chi connectivity index (χ1n) is 6.18. The van der Waals surface area contributed by atoms with Crippen molar-refractivity contribution in [1.29, 1.82) is 0 Å². The Kier molecular flexibility index (Phi) is 3.89. The molecule has 0 aliphatic rings. The van der Waals surface area contributed by atoms with Crippen molar-refractivity contribution in [2.24, 2.45) is 0 Å². The van der Waals surface area contributed by atoms with Gasteiger partial charge in [-0.2, -0.15) is 0 Å². The first kappa shape index (κ1) is 13.4. The van der Waals surface area contributed by atoms with Crippen molar-refractivity contribution in [3.63, 3.8) is 0 Å². The van der Waals surface area contributed by atoms with Crippen LogP contribution in [0, 0.1) is 0 Å². The minimum Gasteiger partial charge on any atom is -0.497 e. The van der Waals surface area contributed by atoms with E-state index >= 15 is 0 Å². The van der Waals surface area contributed by atoms with Crippen LogP contribution < -0.4 is 10.1 Å². The van der Waals surface area contributed by atoms with Gasteiger partial charge in [-0.15, -0.1) is 11.3 Å². The third-order valence-corrected chi connectivity index (χ3v) is 4.67. The van der Waals surface area contributed by atoms with Crippen molar-refractivity contribution in [3.05, 3.63) is 51.9 Å². The van der Waals surface area contributed by atoms with Crippen LogP contribution in [0.2, 0.25) is 0 Å². The lowest BCUT2D eigenvalue weighted by molar-refractivity contribution is 0.415. The fourth-order valence-corrected chi connectivity index (χ4v) is 3.23. The zero-order chi connectivity index (χ0) is 13.9. The minimum atomic E-state index is 0.700. The average molecular weight is 349 g/mol. The number of nitrogens with zero attached hydrogens (tertiary/aromatic N) is 1. The molecule has 0 atom stereocenters. The highest BCUT2D eigenvalue weighted by molar-refractivity contribution is 9.10. The Labute approximate surface area is 129 Å². The highest BCUT2D eigenvalue weighted by atomic mass is 79.9. The van der Waals surface area contributed by atoms with Crippen LogP contribution in [0.5, 0.6) is 5.75 Å². The van der Waals surface area contributed by atoms with E-state index in [1.54, 1.807) is 18.4 Å². The third kappa shape index (κ3) is 2.78. The first-order chi connectivity index (χ1) is 9.76. The molecule has 1 heterocycles. The Bertz CT molecular complexity index is 709. The van der Waals surface area contributed by atoms with Crippen LogP contribution in [0.15, 0.2) is 46.9 Å². The highest BCUT2D eigenvalue weighted by Crippen LogP contribution is 2.28. The molecule has 0 saturated heterocycles. The second-order valence-electron chi connectivity index (χ2n) is 4.27. The number of nitrogens with one attached hydrogen (secondary N) is 1. The van der Waals surface area contributed by atoms with Gasteiger partial charge in [0.15, 0.2) is 0 Å². The maximum absolute atomic E-state index is 5.24. The summed E-state index contributed by atoms with van der Waals surface area (Å²) in [4.78, 5) is 4.61. The van der Waals surface area contributed by atoms with E-state index in [1.807, 2.05) is 36.4 Å². The summed E-state index contributed by atoms with van der Waals surface area (Å²) in [6, 6.07) is 14.0. The van der Waals surface area contributed by atoms with Crippen molar-refractivity contribution in [1.82, 2.24) is 4.98 Å². The Balaban J connectivity index is 1.79. The van der Waals surface area contributed by atoms with Crippen LogP contribution in [-0.2, 0) is 6.54 Å². The van der Waals surface area contributed by atoms with Crippen LogP contribution in [0.4, 0.5) is 5.69 Å². The second kappa shape index (κ2) is 5.81. The topological polar surface area (TPSA) is 34.1 Å². The standard InChI is InChI=1S/C15H13BrN2OS/c1-19-10-6-7-11(16)13(8-10)17-9-15-18-12-4-2-3-5-14(12)20-15/h2-8,17H,9H2,1H3. The number of hydrogen-bond donors (Lipinski definition) is 1. The van der Waals surface area contributed by atoms with Gasteiger partial charge in [0, 0.05) is 10.5 Å². The lowest BCUT2D eigenvalue weighted by Gasteiger charge is -2.08. The quantitative estimate of drug-likeness (QED) is 0.743. The molecule has 1 aromatic heterocycles. The molecular formula is C15H13BrN2OS. The van der Waals surface area contributed by atoms with Gasteiger partial charge in [0.25, 0.3) is 0 Å². The van der Waals surface area contributed by atoms with E-state index in [0.717, 1.165) is 26.4 Å². The first-order valence-corrected chi connectivity index (χ1v) is 7.79. The molecule has 20 heavy (non-hydrogen) atoms. The van der Waals surface area contributed by atoms with Gasteiger partial charge in [-0.05, 0) is 40.2 Å². The van der Waals surface area contributed by atoms with E-state index < -0.39 is 0 Å². The molecular weight excluding hydrogens is 336 g/mol. The lowest BCUT2D eigenvalue weighted by Crippen LogP contribution is -1.99. The number of halogens is 1. The Morgan fingerprint density at radius 2 is 2.10 bits per heavy atom. The lowest BCUT2D eigenvalue weighted by atomic mass is 10.3. The van der Waals surface area contributed by atoms with Crippen molar-refractivity contribution >= 4 is 43.2 Å². The largest absolute Gasteiger partial charge is 0.497 e. The van der Waals surface area contributed by atoms with E-state index in [0.29, 0.717) is 6.54 Å². The van der Waals surface area contributed by atoms with Gasteiger partial charge in [-0.25, -0.2) is 4.98 Å². The fraction of sp³-hybridized carbons (Fsp3) is 0.133. The predicted octanol–water partition coefficient (Wildman–Crippen LogP) is 4.68. The van der Waals surface area contributed by atoms with Gasteiger partial charge in [0.2, 0.25) is 0 Å². The number of aromatic nitrogens is 1. The molecule has 0 saturated carbocycles. The molecule has 0 radical (unpaired) electrons. The fourth-order valence-electron chi connectivity index (χ4n) is 1.93. The summed E-state index contributed by atoms with van der Waals surface area (Å²) in [6.07, 6.45) is 0. The number of hydrogen-bond acceptors (Lipinski definition) is 4. The average Bonchev–Trinajstić information content (AvgIpc) is 2.89. The molecule has 5 heteroatoms. The van der Waals surface area contributed by atoms with Crippen LogP contribution in [-0.4, -0.2) is 12.1 Å². The third-order valence-electron chi connectivity index (χ3n) is 2.94. The van der Waals surface area contributed by atoms with Gasteiger partial charge >= 0.3 is 0 Å². The summed E-state index contributed by atoms with van der Waals surface area (Å²) in [6.45, 7) is 0.700. The predicted molar refractivity (Wildman–Crippen MR) is 87.6 cm³/mol. The van der Waals surface area contributed by atoms with Crippen LogP contribution in [0.25, 0.3) is 10.2 Å². The van der Waals surface area contributed by atoms with Crippen molar-refractivity contribution in [2.45, 2.75) is 6.54 Å². The van der Waals surface area contributed by atoms with Crippen LogP contribution in [0.1, 0.15) is 5.01 Å². The van der Waals surface area contributed by atoms with Gasteiger partial charge < -0.3 is 10.1 Å². The molecule has 0 bridgehead atoms. The van der Waals surface area contributed by atoms with Gasteiger partial charge in [-0.1, -0.05) is 12.1 Å². The number of rotatable bonds is 4. The molecule has 1 N–H and O–H groups in total. The molecule has 0 amide bonds. The summed E-state index contributed by atoms with van der Waals surface area (Å²) in [5, 5.41) is 4.46. The maximum atomic E-state index is 5.24.